The summed E-state index contributed by atoms with van der Waals surface area (Å²) < 4.78 is 0. The van der Waals surface area contributed by atoms with Gasteiger partial charge >= 0.3 is 0 Å². The molecule has 4 nitrogen and oxygen atoms in total. The van der Waals surface area contributed by atoms with Crippen LogP contribution in [0.4, 0.5) is 0 Å². The summed E-state index contributed by atoms with van der Waals surface area (Å²) in [5.41, 5.74) is 2.52. The van der Waals surface area contributed by atoms with Crippen molar-refractivity contribution >= 4 is 17.2 Å². The van der Waals surface area contributed by atoms with Gasteiger partial charge < -0.3 is 15.7 Å². The lowest BCUT2D eigenvalue weighted by molar-refractivity contribution is 0.0915. The molecular formula is C16H20N2O2S. The summed E-state index contributed by atoms with van der Waals surface area (Å²) in [5, 5.41) is 19.7. The lowest BCUT2D eigenvalue weighted by Gasteiger charge is -2.13. The second-order valence-corrected chi connectivity index (χ2v) is 5.57. The zero-order valence-electron chi connectivity index (χ0n) is 12.0. The fourth-order valence-electron chi connectivity index (χ4n) is 2.09. The smallest absolute Gasteiger partial charge is 0.251 e. The van der Waals surface area contributed by atoms with Crippen LogP contribution in [-0.4, -0.2) is 31.2 Å². The van der Waals surface area contributed by atoms with E-state index in [-0.39, 0.29) is 12.5 Å². The third-order valence-electron chi connectivity index (χ3n) is 3.29. The first-order chi connectivity index (χ1) is 10.2. The zero-order chi connectivity index (χ0) is 15.1. The van der Waals surface area contributed by atoms with Crippen LogP contribution >= 0.6 is 11.3 Å². The van der Waals surface area contributed by atoms with Crippen molar-refractivity contribution in [3.8, 4) is 0 Å². The van der Waals surface area contributed by atoms with Crippen molar-refractivity contribution in [1.29, 1.82) is 0 Å². The molecule has 0 bridgehead atoms. The average molecular weight is 304 g/mol. The molecule has 1 atom stereocenters. The van der Waals surface area contributed by atoms with Crippen LogP contribution in [0.3, 0.4) is 0 Å². The van der Waals surface area contributed by atoms with Gasteiger partial charge in [-0.1, -0.05) is 18.2 Å². The minimum absolute atomic E-state index is 0.143. The first kappa shape index (κ1) is 15.7. The van der Waals surface area contributed by atoms with Crippen molar-refractivity contribution in [2.75, 3.05) is 20.1 Å². The van der Waals surface area contributed by atoms with Crippen molar-refractivity contribution in [2.24, 2.45) is 0 Å². The summed E-state index contributed by atoms with van der Waals surface area (Å²) in [6, 6.07) is 9.43. The highest BCUT2D eigenvalue weighted by atomic mass is 32.1. The van der Waals surface area contributed by atoms with Crippen LogP contribution < -0.4 is 10.6 Å². The highest BCUT2D eigenvalue weighted by Gasteiger charge is 2.13. The molecule has 2 rings (SSSR count). The van der Waals surface area contributed by atoms with Gasteiger partial charge in [-0.05, 0) is 54.0 Å². The van der Waals surface area contributed by atoms with E-state index in [1.807, 2.05) is 48.1 Å². The standard InChI is InChI=1S/C16H20N2O2S/c1-17-8-6-12-4-2-3-5-14(12)16(20)18-10-15(19)13-7-9-21-11-13/h2-5,7,9,11,15,17,19H,6,8,10H2,1H3,(H,18,20). The number of benzene rings is 1. The molecule has 1 amide bonds. The van der Waals surface area contributed by atoms with E-state index in [1.54, 1.807) is 0 Å². The molecule has 0 aliphatic rings. The first-order valence-electron chi connectivity index (χ1n) is 6.93. The molecule has 0 spiro atoms. The van der Waals surface area contributed by atoms with E-state index in [4.69, 9.17) is 0 Å². The van der Waals surface area contributed by atoms with Gasteiger partial charge in [-0.2, -0.15) is 11.3 Å². The summed E-state index contributed by atoms with van der Waals surface area (Å²) in [5.74, 6) is -0.143. The Kier molecular flexibility index (Phi) is 5.92. The number of aliphatic hydroxyl groups is 1. The van der Waals surface area contributed by atoms with Crippen molar-refractivity contribution in [2.45, 2.75) is 12.5 Å². The SMILES string of the molecule is CNCCc1ccccc1C(=O)NCC(O)c1ccsc1. The van der Waals surface area contributed by atoms with Gasteiger partial charge in [0.25, 0.3) is 5.91 Å². The number of hydrogen-bond acceptors (Lipinski definition) is 4. The van der Waals surface area contributed by atoms with Crippen LogP contribution in [0.1, 0.15) is 27.6 Å². The largest absolute Gasteiger partial charge is 0.387 e. The van der Waals surface area contributed by atoms with Crippen molar-refractivity contribution in [3.63, 3.8) is 0 Å². The maximum atomic E-state index is 12.3. The van der Waals surface area contributed by atoms with E-state index in [0.717, 1.165) is 24.1 Å². The molecule has 3 N–H and O–H groups in total. The lowest BCUT2D eigenvalue weighted by atomic mass is 10.0. The lowest BCUT2D eigenvalue weighted by Crippen LogP contribution is -2.29. The van der Waals surface area contributed by atoms with E-state index in [2.05, 4.69) is 10.6 Å². The molecule has 1 heterocycles. The Morgan fingerprint density at radius 2 is 2.14 bits per heavy atom. The van der Waals surface area contributed by atoms with Gasteiger partial charge in [0.1, 0.15) is 0 Å². The summed E-state index contributed by atoms with van der Waals surface area (Å²) in [6.07, 6.45) is 0.136. The van der Waals surface area contributed by atoms with Crippen molar-refractivity contribution in [3.05, 3.63) is 57.8 Å². The predicted molar refractivity (Wildman–Crippen MR) is 85.7 cm³/mol. The van der Waals surface area contributed by atoms with Gasteiger partial charge in [0.15, 0.2) is 0 Å². The number of rotatable bonds is 7. The minimum atomic E-state index is -0.662. The Bertz CT molecular complexity index is 569. The topological polar surface area (TPSA) is 61.4 Å². The molecule has 1 aromatic heterocycles. The quantitative estimate of drug-likeness (QED) is 0.733. The van der Waals surface area contributed by atoms with E-state index < -0.39 is 6.10 Å². The molecule has 1 aromatic carbocycles. The van der Waals surface area contributed by atoms with Crippen LogP contribution in [0.5, 0.6) is 0 Å². The third kappa shape index (κ3) is 4.39. The molecule has 5 heteroatoms. The summed E-state index contributed by atoms with van der Waals surface area (Å²) in [4.78, 5) is 12.3. The Balaban J connectivity index is 1.97. The summed E-state index contributed by atoms with van der Waals surface area (Å²) in [6.45, 7) is 1.04. The fraction of sp³-hybridized carbons (Fsp3) is 0.312. The van der Waals surface area contributed by atoms with Crippen LogP contribution in [-0.2, 0) is 6.42 Å². The highest BCUT2D eigenvalue weighted by Crippen LogP contribution is 2.15. The Morgan fingerprint density at radius 3 is 2.86 bits per heavy atom. The number of likely N-dealkylation sites (N-methyl/N-ethyl adjacent to an activating group) is 1. The molecule has 0 aliphatic heterocycles. The molecule has 0 saturated carbocycles. The molecule has 0 aliphatic carbocycles. The van der Waals surface area contributed by atoms with E-state index in [0.29, 0.717) is 5.56 Å². The Labute approximate surface area is 128 Å². The van der Waals surface area contributed by atoms with E-state index >= 15 is 0 Å². The number of thiophene rings is 1. The number of amides is 1. The highest BCUT2D eigenvalue weighted by molar-refractivity contribution is 7.07. The molecule has 21 heavy (non-hydrogen) atoms. The molecular weight excluding hydrogens is 284 g/mol. The molecule has 2 aromatic rings. The second-order valence-electron chi connectivity index (χ2n) is 4.79. The van der Waals surface area contributed by atoms with Gasteiger partial charge in [0.2, 0.25) is 0 Å². The van der Waals surface area contributed by atoms with Crippen LogP contribution in [0.15, 0.2) is 41.1 Å². The molecule has 112 valence electrons. The Hall–Kier alpha value is -1.69. The first-order valence-corrected chi connectivity index (χ1v) is 7.87. The number of carbonyl (C=O) groups excluding carboxylic acids is 1. The number of hydrogen-bond donors (Lipinski definition) is 3. The second kappa shape index (κ2) is 7.93. The van der Waals surface area contributed by atoms with Crippen molar-refractivity contribution in [1.82, 2.24) is 10.6 Å². The monoisotopic (exact) mass is 304 g/mol. The molecule has 1 unspecified atom stereocenters. The van der Waals surface area contributed by atoms with E-state index in [1.165, 1.54) is 11.3 Å². The predicted octanol–water partition coefficient (Wildman–Crippen LogP) is 1.97. The number of carbonyl (C=O) groups is 1. The number of nitrogens with one attached hydrogen (secondary N) is 2. The van der Waals surface area contributed by atoms with Gasteiger partial charge in [0.05, 0.1) is 6.10 Å². The van der Waals surface area contributed by atoms with Gasteiger partial charge in [-0.15, -0.1) is 0 Å². The number of aliphatic hydroxyl groups excluding tert-OH is 1. The van der Waals surface area contributed by atoms with Crippen LogP contribution in [0.2, 0.25) is 0 Å². The maximum Gasteiger partial charge on any atom is 0.251 e. The summed E-state index contributed by atoms with van der Waals surface area (Å²) >= 11 is 1.53. The van der Waals surface area contributed by atoms with Crippen LogP contribution in [0, 0.1) is 0 Å². The molecule has 0 radical (unpaired) electrons. The molecule has 0 fully saturated rings. The van der Waals surface area contributed by atoms with Gasteiger partial charge in [-0.25, -0.2) is 0 Å². The van der Waals surface area contributed by atoms with Gasteiger partial charge in [-0.3, -0.25) is 4.79 Å². The normalized spacial score (nSPS) is 12.1. The zero-order valence-corrected chi connectivity index (χ0v) is 12.8. The average Bonchev–Trinajstić information content (AvgIpc) is 3.05. The molecule has 0 saturated heterocycles. The van der Waals surface area contributed by atoms with Crippen LogP contribution in [0.25, 0.3) is 0 Å². The Morgan fingerprint density at radius 1 is 1.33 bits per heavy atom. The minimum Gasteiger partial charge on any atom is -0.387 e. The maximum absolute atomic E-state index is 12.3. The fourth-order valence-corrected chi connectivity index (χ4v) is 2.79. The third-order valence-corrected chi connectivity index (χ3v) is 3.99. The van der Waals surface area contributed by atoms with Gasteiger partial charge in [0, 0.05) is 12.1 Å². The summed E-state index contributed by atoms with van der Waals surface area (Å²) in [7, 11) is 1.89. The van der Waals surface area contributed by atoms with E-state index in [9.17, 15) is 9.90 Å². The van der Waals surface area contributed by atoms with Crippen molar-refractivity contribution < 1.29 is 9.90 Å².